The summed E-state index contributed by atoms with van der Waals surface area (Å²) in [5.74, 6) is -1.40. The zero-order valence-electron chi connectivity index (χ0n) is 17.2. The Hall–Kier alpha value is -1.20. The van der Waals surface area contributed by atoms with E-state index in [0.29, 0.717) is 6.42 Å². The molecule has 0 spiro atoms. The van der Waals surface area contributed by atoms with E-state index in [2.05, 4.69) is 19.1 Å². The van der Waals surface area contributed by atoms with Gasteiger partial charge in [0.1, 0.15) is 11.8 Å². The second-order valence-electron chi connectivity index (χ2n) is 7.51. The number of hydrogen-bond donors (Lipinski definition) is 3. The van der Waals surface area contributed by atoms with E-state index in [1.54, 1.807) is 0 Å². The number of unbranched alkanes of at least 4 members (excludes halogenated alkanes) is 11. The minimum absolute atomic E-state index is 0.114. The molecule has 0 rings (SSSR count). The number of carboxylic acids is 1. The number of ketones is 1. The van der Waals surface area contributed by atoms with Crippen molar-refractivity contribution in [3.05, 3.63) is 12.2 Å². The Morgan fingerprint density at radius 1 is 0.852 bits per heavy atom. The number of nitrogens with two attached hydrogens (primary N) is 1. The lowest BCUT2D eigenvalue weighted by atomic mass is 10.0. The van der Waals surface area contributed by atoms with E-state index in [4.69, 9.17) is 10.8 Å². The van der Waals surface area contributed by atoms with Crippen LogP contribution in [-0.2, 0) is 9.59 Å². The minimum Gasteiger partial charge on any atom is -0.480 e. The van der Waals surface area contributed by atoms with Crippen LogP contribution in [-0.4, -0.2) is 34.1 Å². The van der Waals surface area contributed by atoms with Crippen molar-refractivity contribution < 1.29 is 19.8 Å². The predicted octanol–water partition coefficient (Wildman–Crippen LogP) is 4.76. The van der Waals surface area contributed by atoms with E-state index in [0.717, 1.165) is 25.7 Å². The summed E-state index contributed by atoms with van der Waals surface area (Å²) in [6.45, 7) is 2.24. The number of allylic oxidation sites excluding steroid dienone is 2. The third kappa shape index (κ3) is 16.7. The molecule has 158 valence electrons. The van der Waals surface area contributed by atoms with Gasteiger partial charge in [0.15, 0.2) is 0 Å². The summed E-state index contributed by atoms with van der Waals surface area (Å²) in [5.41, 5.74) is 5.29. The summed E-state index contributed by atoms with van der Waals surface area (Å²) in [7, 11) is 0. The van der Waals surface area contributed by atoms with Crippen LogP contribution in [0.1, 0.15) is 103 Å². The number of Topliss-reactive ketones (excluding diaryl/α,β-unsaturated/α-hetero) is 1. The van der Waals surface area contributed by atoms with Crippen LogP contribution in [0.2, 0.25) is 0 Å². The number of aliphatic hydroxyl groups excluding tert-OH is 1. The van der Waals surface area contributed by atoms with Crippen molar-refractivity contribution in [3.8, 4) is 0 Å². The number of hydrogen-bond acceptors (Lipinski definition) is 4. The molecule has 5 heteroatoms. The summed E-state index contributed by atoms with van der Waals surface area (Å²) in [6, 6.07) is -1.39. The first-order chi connectivity index (χ1) is 13.0. The lowest BCUT2D eigenvalue weighted by Gasteiger charge is -2.13. The van der Waals surface area contributed by atoms with E-state index in [1.807, 2.05) is 0 Å². The van der Waals surface area contributed by atoms with Gasteiger partial charge >= 0.3 is 5.97 Å². The molecule has 0 amide bonds. The third-order valence-electron chi connectivity index (χ3n) is 4.85. The number of carbonyl (C=O) groups excluding carboxylic acids is 1. The lowest BCUT2D eigenvalue weighted by Crippen LogP contribution is -2.42. The fourth-order valence-electron chi connectivity index (χ4n) is 3.02. The monoisotopic (exact) mass is 383 g/mol. The Balaban J connectivity index is 3.40. The SMILES string of the molecule is CCCCCCCCC=CCCCCCCCC(=O)C[C@@H](O)[C@H](N)C(=O)O. The van der Waals surface area contributed by atoms with Crippen molar-refractivity contribution in [1.29, 1.82) is 0 Å². The molecule has 27 heavy (non-hydrogen) atoms. The first-order valence-corrected chi connectivity index (χ1v) is 10.8. The Morgan fingerprint density at radius 2 is 1.33 bits per heavy atom. The third-order valence-corrected chi connectivity index (χ3v) is 4.85. The maximum Gasteiger partial charge on any atom is 0.323 e. The van der Waals surface area contributed by atoms with Crippen molar-refractivity contribution >= 4 is 11.8 Å². The number of aliphatic carboxylic acids is 1. The fourth-order valence-corrected chi connectivity index (χ4v) is 3.02. The van der Waals surface area contributed by atoms with Crippen LogP contribution in [0.4, 0.5) is 0 Å². The Morgan fingerprint density at radius 3 is 1.85 bits per heavy atom. The molecule has 0 heterocycles. The molecule has 0 aliphatic heterocycles. The zero-order chi connectivity index (χ0) is 20.3. The van der Waals surface area contributed by atoms with Gasteiger partial charge in [0.05, 0.1) is 6.10 Å². The molecule has 0 saturated carbocycles. The predicted molar refractivity (Wildman–Crippen MR) is 111 cm³/mol. The average Bonchev–Trinajstić information content (AvgIpc) is 2.64. The number of carbonyl (C=O) groups is 2. The van der Waals surface area contributed by atoms with Gasteiger partial charge in [-0.2, -0.15) is 0 Å². The molecular formula is C22H41NO4. The van der Waals surface area contributed by atoms with Crippen LogP contribution in [0.3, 0.4) is 0 Å². The first kappa shape index (κ1) is 25.8. The summed E-state index contributed by atoms with van der Waals surface area (Å²) in [4.78, 5) is 22.3. The van der Waals surface area contributed by atoms with Gasteiger partial charge in [0.2, 0.25) is 0 Å². The summed E-state index contributed by atoms with van der Waals surface area (Å²) >= 11 is 0. The van der Waals surface area contributed by atoms with Crippen LogP contribution in [0, 0.1) is 0 Å². The standard InChI is InChI=1S/C22H41NO4/c1-2-3-4-5-6-7-8-9-10-11-12-13-14-15-16-17-19(24)18-20(25)21(23)22(26)27/h9-10,20-21,25H,2-8,11-18,23H2,1H3,(H,26,27)/t20-,21+/m1/s1. The van der Waals surface area contributed by atoms with Crippen molar-refractivity contribution in [2.75, 3.05) is 0 Å². The average molecular weight is 384 g/mol. The van der Waals surface area contributed by atoms with Gasteiger partial charge in [-0.3, -0.25) is 9.59 Å². The lowest BCUT2D eigenvalue weighted by molar-refractivity contribution is -0.141. The molecule has 2 atom stereocenters. The Labute approximate surface area is 165 Å². The normalized spacial score (nSPS) is 13.7. The van der Waals surface area contributed by atoms with E-state index in [9.17, 15) is 14.7 Å². The molecule has 0 aromatic heterocycles. The Bertz CT molecular complexity index is 409. The van der Waals surface area contributed by atoms with Gasteiger partial charge in [0.25, 0.3) is 0 Å². The zero-order valence-corrected chi connectivity index (χ0v) is 17.2. The molecule has 0 radical (unpaired) electrons. The molecule has 0 aliphatic rings. The van der Waals surface area contributed by atoms with E-state index >= 15 is 0 Å². The molecule has 0 aromatic rings. The highest BCUT2D eigenvalue weighted by molar-refractivity contribution is 5.81. The van der Waals surface area contributed by atoms with Gasteiger partial charge in [-0.1, -0.05) is 70.4 Å². The van der Waals surface area contributed by atoms with Gasteiger partial charge in [0, 0.05) is 12.8 Å². The molecule has 0 unspecified atom stereocenters. The van der Waals surface area contributed by atoms with Crippen LogP contribution in [0.25, 0.3) is 0 Å². The van der Waals surface area contributed by atoms with Gasteiger partial charge < -0.3 is 15.9 Å². The molecule has 0 saturated heterocycles. The topological polar surface area (TPSA) is 101 Å². The van der Waals surface area contributed by atoms with Crippen LogP contribution < -0.4 is 5.73 Å². The summed E-state index contributed by atoms with van der Waals surface area (Å²) < 4.78 is 0. The molecular weight excluding hydrogens is 342 g/mol. The number of rotatable bonds is 19. The second kappa shape index (κ2) is 18.2. The summed E-state index contributed by atoms with van der Waals surface area (Å²) in [6.07, 6.45) is 19.2. The van der Waals surface area contributed by atoms with Crippen LogP contribution in [0.5, 0.6) is 0 Å². The van der Waals surface area contributed by atoms with Gasteiger partial charge in [-0.05, 0) is 32.1 Å². The first-order valence-electron chi connectivity index (χ1n) is 10.8. The van der Waals surface area contributed by atoms with E-state index in [1.165, 1.54) is 57.8 Å². The smallest absolute Gasteiger partial charge is 0.323 e. The highest BCUT2D eigenvalue weighted by atomic mass is 16.4. The van der Waals surface area contributed by atoms with Gasteiger partial charge in [-0.15, -0.1) is 0 Å². The maximum absolute atomic E-state index is 11.7. The van der Waals surface area contributed by atoms with E-state index in [-0.39, 0.29) is 12.2 Å². The van der Waals surface area contributed by atoms with E-state index < -0.39 is 18.1 Å². The molecule has 0 fully saturated rings. The molecule has 5 nitrogen and oxygen atoms in total. The largest absolute Gasteiger partial charge is 0.480 e. The van der Waals surface area contributed by atoms with Crippen molar-refractivity contribution in [2.45, 2.75) is 115 Å². The van der Waals surface area contributed by atoms with Crippen molar-refractivity contribution in [2.24, 2.45) is 5.73 Å². The molecule has 0 aliphatic carbocycles. The second-order valence-corrected chi connectivity index (χ2v) is 7.51. The minimum atomic E-state index is -1.39. The van der Waals surface area contributed by atoms with Crippen LogP contribution >= 0.6 is 0 Å². The number of carboxylic acid groups (broad SMARTS) is 1. The van der Waals surface area contributed by atoms with Crippen LogP contribution in [0.15, 0.2) is 12.2 Å². The fraction of sp³-hybridized carbons (Fsp3) is 0.818. The highest BCUT2D eigenvalue weighted by Gasteiger charge is 2.23. The molecule has 4 N–H and O–H groups in total. The number of aliphatic hydroxyl groups is 1. The molecule has 0 aromatic carbocycles. The van der Waals surface area contributed by atoms with Gasteiger partial charge in [-0.25, -0.2) is 0 Å². The maximum atomic E-state index is 11.7. The Kier molecular flexibility index (Phi) is 17.4. The molecule has 0 bridgehead atoms. The quantitative estimate of drug-likeness (QED) is 0.221. The van der Waals surface area contributed by atoms with Crippen molar-refractivity contribution in [1.82, 2.24) is 0 Å². The summed E-state index contributed by atoms with van der Waals surface area (Å²) in [5, 5.41) is 18.2. The van der Waals surface area contributed by atoms with Crippen molar-refractivity contribution in [3.63, 3.8) is 0 Å². The highest BCUT2D eigenvalue weighted by Crippen LogP contribution is 2.11.